The number of anilines is 3. The van der Waals surface area contributed by atoms with Crippen molar-refractivity contribution in [2.45, 2.75) is 18.6 Å². The summed E-state index contributed by atoms with van der Waals surface area (Å²) in [6.45, 7) is 2.52. The Morgan fingerprint density at radius 2 is 2.08 bits per heavy atom. The average molecular weight is 408 g/mol. The van der Waals surface area contributed by atoms with Gasteiger partial charge in [-0.05, 0) is 19.2 Å². The molecule has 3 heterocycles. The lowest BCUT2D eigenvalue weighted by molar-refractivity contribution is 0.933. The quantitative estimate of drug-likeness (QED) is 0.321. The molecule has 0 aromatic carbocycles. The largest absolute Gasteiger partial charge is 0.396 e. The first kappa shape index (κ1) is 18.7. The van der Waals surface area contributed by atoms with Crippen LogP contribution in [0.25, 0.3) is 10.4 Å². The molecule has 0 saturated heterocycles. The highest BCUT2D eigenvalue weighted by Crippen LogP contribution is 2.34. The molecule has 0 spiro atoms. The van der Waals surface area contributed by atoms with Crippen molar-refractivity contribution in [3.8, 4) is 10.4 Å². The van der Waals surface area contributed by atoms with Gasteiger partial charge in [-0.25, -0.2) is 19.9 Å². The highest BCUT2D eigenvalue weighted by atomic mass is 35.5. The number of nitrogens with one attached hydrogen (secondary N) is 2. The van der Waals surface area contributed by atoms with Gasteiger partial charge in [0.25, 0.3) is 0 Å². The van der Waals surface area contributed by atoms with Gasteiger partial charge in [0.1, 0.15) is 5.82 Å². The molecule has 0 saturated carbocycles. The van der Waals surface area contributed by atoms with E-state index in [1.54, 1.807) is 17.5 Å². The number of halogens is 1. The number of hydrogen-bond acceptors (Lipinski definition) is 9. The summed E-state index contributed by atoms with van der Waals surface area (Å²) in [5.41, 5.74) is 9.09. The zero-order chi connectivity index (χ0) is 18.7. The van der Waals surface area contributed by atoms with Gasteiger partial charge in [0.2, 0.25) is 0 Å². The van der Waals surface area contributed by atoms with Gasteiger partial charge in [-0.3, -0.25) is 0 Å². The van der Waals surface area contributed by atoms with Crippen LogP contribution in [0.15, 0.2) is 23.6 Å². The number of rotatable bonds is 6. The van der Waals surface area contributed by atoms with E-state index in [0.29, 0.717) is 17.4 Å². The number of pyridine rings is 1. The Balaban J connectivity index is 1.79. The monoisotopic (exact) mass is 407 g/mol. The Labute approximate surface area is 164 Å². The summed E-state index contributed by atoms with van der Waals surface area (Å²) in [6, 6.07) is 1.81. The highest BCUT2D eigenvalue weighted by Gasteiger charge is 2.13. The molecule has 0 aliphatic heterocycles. The molecule has 0 amide bonds. The standard InChI is InChI=1S/C16H18ClN7S2/c1-8-12(9-4-11(18)13(17)20-5-9)26-16(23-8)22-7-10-6-21-15(25-3)24-14(10)19-2/h4-6H,7,18H2,1-3H3,(H,22,23)(H,19,21,24). The van der Waals surface area contributed by atoms with Crippen LogP contribution in [0.1, 0.15) is 11.3 Å². The molecule has 26 heavy (non-hydrogen) atoms. The number of aromatic nitrogens is 4. The maximum absolute atomic E-state index is 5.90. The van der Waals surface area contributed by atoms with Gasteiger partial charge in [0.15, 0.2) is 15.4 Å². The summed E-state index contributed by atoms with van der Waals surface area (Å²) in [6.07, 6.45) is 5.48. The fraction of sp³-hybridized carbons (Fsp3) is 0.250. The molecule has 0 fully saturated rings. The van der Waals surface area contributed by atoms with Crippen molar-refractivity contribution in [2.24, 2.45) is 0 Å². The predicted octanol–water partition coefficient (Wildman–Crippen LogP) is 3.91. The third-order valence-electron chi connectivity index (χ3n) is 3.62. The topological polar surface area (TPSA) is 102 Å². The molecule has 0 aliphatic rings. The van der Waals surface area contributed by atoms with E-state index in [1.807, 2.05) is 32.5 Å². The molecule has 3 aromatic heterocycles. The minimum atomic E-state index is 0.308. The molecule has 0 unspecified atom stereocenters. The molecule has 0 radical (unpaired) electrons. The molecule has 10 heteroatoms. The summed E-state index contributed by atoms with van der Waals surface area (Å²) < 4.78 is 0. The van der Waals surface area contributed by atoms with Gasteiger partial charge >= 0.3 is 0 Å². The van der Waals surface area contributed by atoms with Gasteiger partial charge in [0.05, 0.1) is 16.3 Å². The fourth-order valence-electron chi connectivity index (χ4n) is 2.33. The van der Waals surface area contributed by atoms with Crippen LogP contribution < -0.4 is 16.4 Å². The Kier molecular flexibility index (Phi) is 5.80. The Morgan fingerprint density at radius 1 is 1.27 bits per heavy atom. The van der Waals surface area contributed by atoms with Crippen molar-refractivity contribution in [3.05, 3.63) is 34.9 Å². The number of hydrogen-bond donors (Lipinski definition) is 3. The Bertz CT molecular complexity index is 929. The smallest absolute Gasteiger partial charge is 0.189 e. The van der Waals surface area contributed by atoms with E-state index in [2.05, 4.69) is 30.6 Å². The molecule has 4 N–H and O–H groups in total. The second kappa shape index (κ2) is 8.07. The number of thioether (sulfide) groups is 1. The predicted molar refractivity (Wildman–Crippen MR) is 110 cm³/mol. The fourth-order valence-corrected chi connectivity index (χ4v) is 3.72. The minimum Gasteiger partial charge on any atom is -0.396 e. The van der Waals surface area contributed by atoms with Crippen LogP contribution in [-0.4, -0.2) is 33.2 Å². The summed E-state index contributed by atoms with van der Waals surface area (Å²) in [7, 11) is 1.85. The number of nitrogens with two attached hydrogens (primary N) is 1. The van der Waals surface area contributed by atoms with Crippen molar-refractivity contribution in [1.82, 2.24) is 19.9 Å². The van der Waals surface area contributed by atoms with E-state index in [9.17, 15) is 0 Å². The van der Waals surface area contributed by atoms with Crippen LogP contribution in [-0.2, 0) is 6.54 Å². The second-order valence-electron chi connectivity index (χ2n) is 5.37. The first-order valence-electron chi connectivity index (χ1n) is 7.72. The van der Waals surface area contributed by atoms with Crippen LogP contribution >= 0.6 is 34.7 Å². The number of thiazole rings is 1. The van der Waals surface area contributed by atoms with Crippen LogP contribution in [0.3, 0.4) is 0 Å². The van der Waals surface area contributed by atoms with Crippen LogP contribution in [0.2, 0.25) is 5.15 Å². The zero-order valence-corrected chi connectivity index (χ0v) is 16.9. The van der Waals surface area contributed by atoms with E-state index < -0.39 is 0 Å². The number of nitrogens with zero attached hydrogens (tertiary/aromatic N) is 4. The van der Waals surface area contributed by atoms with Gasteiger partial charge in [-0.2, -0.15) is 0 Å². The van der Waals surface area contributed by atoms with E-state index in [1.165, 1.54) is 11.8 Å². The molecule has 3 rings (SSSR count). The maximum Gasteiger partial charge on any atom is 0.189 e. The lowest BCUT2D eigenvalue weighted by Gasteiger charge is -2.09. The van der Waals surface area contributed by atoms with Crippen LogP contribution in [0, 0.1) is 6.92 Å². The van der Waals surface area contributed by atoms with Crippen LogP contribution in [0.5, 0.6) is 0 Å². The molecule has 136 valence electrons. The van der Waals surface area contributed by atoms with Crippen molar-refractivity contribution in [1.29, 1.82) is 0 Å². The molecule has 0 bridgehead atoms. The summed E-state index contributed by atoms with van der Waals surface area (Å²) in [4.78, 5) is 18.5. The van der Waals surface area contributed by atoms with Crippen LogP contribution in [0.4, 0.5) is 16.6 Å². The lowest BCUT2D eigenvalue weighted by Crippen LogP contribution is -2.06. The molecule has 7 nitrogen and oxygen atoms in total. The third-order valence-corrected chi connectivity index (χ3v) is 5.66. The average Bonchev–Trinajstić information content (AvgIpc) is 3.02. The van der Waals surface area contributed by atoms with E-state index in [4.69, 9.17) is 17.3 Å². The number of nitrogen functional groups attached to an aromatic ring is 1. The van der Waals surface area contributed by atoms with Gasteiger partial charge in [0, 0.05) is 37.1 Å². The molecule has 0 aliphatic carbocycles. The SMILES string of the molecule is CNc1nc(SC)ncc1CNc1nc(C)c(-c2cnc(Cl)c(N)c2)s1. The summed E-state index contributed by atoms with van der Waals surface area (Å²) >= 11 is 8.95. The van der Waals surface area contributed by atoms with Crippen molar-refractivity contribution in [2.75, 3.05) is 29.7 Å². The first-order valence-corrected chi connectivity index (χ1v) is 10.1. The summed E-state index contributed by atoms with van der Waals surface area (Å²) in [5, 5.41) is 8.29. The maximum atomic E-state index is 5.90. The third kappa shape index (κ3) is 4.00. The zero-order valence-electron chi connectivity index (χ0n) is 14.5. The second-order valence-corrected chi connectivity index (χ2v) is 7.50. The molecular formula is C16H18ClN7S2. The minimum absolute atomic E-state index is 0.308. The summed E-state index contributed by atoms with van der Waals surface area (Å²) in [5.74, 6) is 0.806. The Hall–Kier alpha value is -2.10. The number of aryl methyl sites for hydroxylation is 1. The van der Waals surface area contributed by atoms with Crippen molar-refractivity contribution >= 4 is 51.3 Å². The lowest BCUT2D eigenvalue weighted by atomic mass is 10.2. The molecule has 3 aromatic rings. The molecule has 0 atom stereocenters. The normalized spacial score (nSPS) is 10.8. The van der Waals surface area contributed by atoms with Crippen molar-refractivity contribution < 1.29 is 0 Å². The van der Waals surface area contributed by atoms with E-state index in [-0.39, 0.29) is 0 Å². The molecular weight excluding hydrogens is 390 g/mol. The highest BCUT2D eigenvalue weighted by molar-refractivity contribution is 7.98. The van der Waals surface area contributed by atoms with Gasteiger partial charge in [-0.1, -0.05) is 34.7 Å². The van der Waals surface area contributed by atoms with Gasteiger partial charge < -0.3 is 16.4 Å². The van der Waals surface area contributed by atoms with Gasteiger partial charge in [-0.15, -0.1) is 0 Å². The van der Waals surface area contributed by atoms with Crippen molar-refractivity contribution in [3.63, 3.8) is 0 Å². The van der Waals surface area contributed by atoms with E-state index in [0.717, 1.165) is 37.8 Å². The van der Waals surface area contributed by atoms with E-state index >= 15 is 0 Å². The first-order chi connectivity index (χ1) is 12.5. The Morgan fingerprint density at radius 3 is 2.77 bits per heavy atom.